The highest BCUT2D eigenvalue weighted by molar-refractivity contribution is 5.86. The van der Waals surface area contributed by atoms with E-state index in [0.717, 1.165) is 52.9 Å². The zero-order chi connectivity index (χ0) is 21.3. The molecule has 4 rings (SSSR count). The number of para-hydroxylation sites is 1. The fourth-order valence-corrected chi connectivity index (χ4v) is 3.59. The van der Waals surface area contributed by atoms with Crippen LogP contribution >= 0.6 is 0 Å². The largest absolute Gasteiger partial charge is 0.373 e. The van der Waals surface area contributed by atoms with E-state index < -0.39 is 0 Å². The Bertz CT molecular complexity index is 1170. The van der Waals surface area contributed by atoms with Crippen LogP contribution in [0.5, 0.6) is 0 Å². The lowest BCUT2D eigenvalue weighted by molar-refractivity contribution is 0.414. The molecule has 3 aromatic heterocycles. The molecule has 8 nitrogen and oxygen atoms in total. The fraction of sp³-hybridized carbons (Fsp3) is 0.318. The van der Waals surface area contributed by atoms with Crippen molar-refractivity contribution in [3.63, 3.8) is 0 Å². The number of benzene rings is 1. The summed E-state index contributed by atoms with van der Waals surface area (Å²) in [6.45, 7) is 2.87. The molecule has 0 bridgehead atoms. The highest BCUT2D eigenvalue weighted by Crippen LogP contribution is 2.31. The van der Waals surface area contributed by atoms with Gasteiger partial charge in [-0.2, -0.15) is 5.10 Å². The molecule has 0 aliphatic carbocycles. The second-order valence-corrected chi connectivity index (χ2v) is 7.73. The number of aryl methyl sites for hydroxylation is 2. The number of rotatable bonds is 7. The number of hydrogen-bond donors (Lipinski definition) is 3. The smallest absolute Gasteiger partial charge is 0.180 e. The molecule has 0 unspecified atom stereocenters. The summed E-state index contributed by atoms with van der Waals surface area (Å²) in [4.78, 5) is 12.0. The topological polar surface area (TPSA) is 86.7 Å². The number of fused-ring (bicyclic) bond motifs is 1. The fourth-order valence-electron chi connectivity index (χ4n) is 3.59. The second kappa shape index (κ2) is 8.16. The standard InChI is InChI=1S/C22H28N8/c1-14-12-19(28-27-14)24-21-16(10-11-29(3)4)20(23-2)25-22(26-21)18-13-15-8-6-7-9-17(15)30(18)5/h6-9,12-13H,10-11H2,1-5H3,(H3,23,24,25,26,27,28). The van der Waals surface area contributed by atoms with Gasteiger partial charge in [-0.05, 0) is 39.6 Å². The summed E-state index contributed by atoms with van der Waals surface area (Å²) in [7, 11) is 8.07. The van der Waals surface area contributed by atoms with Crippen LogP contribution in [0, 0.1) is 6.92 Å². The highest BCUT2D eigenvalue weighted by atomic mass is 15.2. The maximum absolute atomic E-state index is 4.93. The van der Waals surface area contributed by atoms with Crippen LogP contribution in [0.2, 0.25) is 0 Å². The van der Waals surface area contributed by atoms with Crippen LogP contribution in [0.3, 0.4) is 0 Å². The zero-order valence-electron chi connectivity index (χ0n) is 18.1. The van der Waals surface area contributed by atoms with Crippen molar-refractivity contribution >= 4 is 28.4 Å². The monoisotopic (exact) mass is 404 g/mol. The molecule has 0 spiro atoms. The Labute approximate surface area is 176 Å². The second-order valence-electron chi connectivity index (χ2n) is 7.73. The third-order valence-corrected chi connectivity index (χ3v) is 5.19. The maximum atomic E-state index is 4.93. The van der Waals surface area contributed by atoms with Gasteiger partial charge >= 0.3 is 0 Å². The number of hydrogen-bond acceptors (Lipinski definition) is 6. The normalized spacial score (nSPS) is 11.4. The molecule has 3 heterocycles. The van der Waals surface area contributed by atoms with E-state index in [-0.39, 0.29) is 0 Å². The summed E-state index contributed by atoms with van der Waals surface area (Å²) in [6, 6.07) is 12.4. The number of aromatic amines is 1. The van der Waals surface area contributed by atoms with Gasteiger partial charge in [0, 0.05) is 48.9 Å². The Morgan fingerprint density at radius 1 is 1.10 bits per heavy atom. The van der Waals surface area contributed by atoms with Crippen LogP contribution in [-0.2, 0) is 13.5 Å². The molecular formula is C22H28N8. The quantitative estimate of drug-likeness (QED) is 0.437. The van der Waals surface area contributed by atoms with Gasteiger partial charge in [0.15, 0.2) is 11.6 Å². The van der Waals surface area contributed by atoms with Gasteiger partial charge in [-0.1, -0.05) is 18.2 Å². The van der Waals surface area contributed by atoms with Crippen LogP contribution in [0.25, 0.3) is 22.4 Å². The van der Waals surface area contributed by atoms with Crippen LogP contribution in [0.4, 0.5) is 17.5 Å². The lowest BCUT2D eigenvalue weighted by atomic mass is 10.1. The van der Waals surface area contributed by atoms with Crippen molar-refractivity contribution in [3.8, 4) is 11.5 Å². The number of likely N-dealkylation sites (N-methyl/N-ethyl adjacent to an activating group) is 1. The van der Waals surface area contributed by atoms with Gasteiger partial charge in [0.2, 0.25) is 0 Å². The van der Waals surface area contributed by atoms with Gasteiger partial charge in [-0.3, -0.25) is 5.10 Å². The van der Waals surface area contributed by atoms with Gasteiger partial charge in [0.1, 0.15) is 11.6 Å². The Morgan fingerprint density at radius 3 is 2.53 bits per heavy atom. The van der Waals surface area contributed by atoms with E-state index in [0.29, 0.717) is 5.82 Å². The molecule has 0 aliphatic heterocycles. The molecule has 3 N–H and O–H groups in total. The van der Waals surface area contributed by atoms with E-state index >= 15 is 0 Å². The summed E-state index contributed by atoms with van der Waals surface area (Å²) in [5.41, 5.74) is 4.14. The first-order valence-corrected chi connectivity index (χ1v) is 10.0. The lowest BCUT2D eigenvalue weighted by Crippen LogP contribution is -2.18. The van der Waals surface area contributed by atoms with E-state index in [1.165, 1.54) is 5.39 Å². The van der Waals surface area contributed by atoms with Crippen LogP contribution in [-0.4, -0.2) is 57.3 Å². The zero-order valence-corrected chi connectivity index (χ0v) is 18.1. The number of aromatic nitrogens is 5. The molecule has 0 saturated heterocycles. The molecule has 8 heteroatoms. The maximum Gasteiger partial charge on any atom is 0.180 e. The number of nitrogens with one attached hydrogen (secondary N) is 3. The molecule has 0 amide bonds. The van der Waals surface area contributed by atoms with Crippen molar-refractivity contribution in [2.24, 2.45) is 7.05 Å². The molecule has 0 fully saturated rings. The van der Waals surface area contributed by atoms with E-state index in [2.05, 4.69) is 62.6 Å². The van der Waals surface area contributed by atoms with E-state index in [4.69, 9.17) is 9.97 Å². The predicted octanol–water partition coefficient (Wildman–Crippen LogP) is 3.56. The number of H-pyrrole nitrogens is 1. The first-order chi connectivity index (χ1) is 14.5. The predicted molar refractivity (Wildman–Crippen MR) is 122 cm³/mol. The van der Waals surface area contributed by atoms with Crippen LogP contribution in [0.1, 0.15) is 11.3 Å². The number of nitrogens with zero attached hydrogens (tertiary/aromatic N) is 5. The molecule has 0 aliphatic rings. The third-order valence-electron chi connectivity index (χ3n) is 5.19. The first kappa shape index (κ1) is 19.9. The summed E-state index contributed by atoms with van der Waals surface area (Å²) in [5.74, 6) is 2.99. The first-order valence-electron chi connectivity index (χ1n) is 10.0. The van der Waals surface area contributed by atoms with Crippen LogP contribution in [0.15, 0.2) is 36.4 Å². The lowest BCUT2D eigenvalue weighted by Gasteiger charge is -2.17. The van der Waals surface area contributed by atoms with Gasteiger partial charge in [-0.25, -0.2) is 9.97 Å². The van der Waals surface area contributed by atoms with Gasteiger partial charge in [0.25, 0.3) is 0 Å². The van der Waals surface area contributed by atoms with Gasteiger partial charge in [-0.15, -0.1) is 0 Å². The summed E-state index contributed by atoms with van der Waals surface area (Å²) < 4.78 is 2.13. The highest BCUT2D eigenvalue weighted by Gasteiger charge is 2.18. The Morgan fingerprint density at radius 2 is 1.87 bits per heavy atom. The minimum atomic E-state index is 0.668. The van der Waals surface area contributed by atoms with Crippen LogP contribution < -0.4 is 10.6 Å². The molecule has 0 atom stereocenters. The Balaban J connectivity index is 1.84. The molecule has 30 heavy (non-hydrogen) atoms. The van der Waals surface area contributed by atoms with Gasteiger partial charge < -0.3 is 20.1 Å². The van der Waals surface area contributed by atoms with Crippen molar-refractivity contribution in [2.45, 2.75) is 13.3 Å². The van der Waals surface area contributed by atoms with Crippen molar-refractivity contribution in [3.05, 3.63) is 47.7 Å². The van der Waals surface area contributed by atoms with Crippen molar-refractivity contribution in [2.75, 3.05) is 38.3 Å². The minimum absolute atomic E-state index is 0.668. The molecule has 0 saturated carbocycles. The minimum Gasteiger partial charge on any atom is -0.373 e. The summed E-state index contributed by atoms with van der Waals surface area (Å²) >= 11 is 0. The molecular weight excluding hydrogens is 376 g/mol. The van der Waals surface area contributed by atoms with Crippen molar-refractivity contribution in [1.29, 1.82) is 0 Å². The SMILES string of the molecule is CNc1nc(-c2cc3ccccc3n2C)nc(Nc2cc(C)[nH]n2)c1CCN(C)C. The van der Waals surface area contributed by atoms with E-state index in [1.807, 2.05) is 39.2 Å². The van der Waals surface area contributed by atoms with Crippen molar-refractivity contribution < 1.29 is 0 Å². The van der Waals surface area contributed by atoms with Gasteiger partial charge in [0.05, 0.1) is 5.69 Å². The molecule has 4 aromatic rings. The number of anilines is 3. The molecule has 156 valence electrons. The van der Waals surface area contributed by atoms with Crippen molar-refractivity contribution in [1.82, 2.24) is 29.6 Å². The molecule has 1 aromatic carbocycles. The van der Waals surface area contributed by atoms with E-state index in [1.54, 1.807) is 0 Å². The Kier molecular flexibility index (Phi) is 5.41. The summed E-state index contributed by atoms with van der Waals surface area (Å²) in [5, 5.41) is 15.1. The third kappa shape index (κ3) is 3.86. The molecule has 0 radical (unpaired) electrons. The Hall–Kier alpha value is -3.39. The average molecular weight is 405 g/mol. The summed E-state index contributed by atoms with van der Waals surface area (Å²) in [6.07, 6.45) is 0.810. The van der Waals surface area contributed by atoms with E-state index in [9.17, 15) is 0 Å². The average Bonchev–Trinajstić information content (AvgIpc) is 3.29.